The first-order valence-electron chi connectivity index (χ1n) is 9.00. The summed E-state index contributed by atoms with van der Waals surface area (Å²) in [6.07, 6.45) is 0. The highest BCUT2D eigenvalue weighted by atomic mass is 16.5. The Morgan fingerprint density at radius 1 is 0.893 bits per heavy atom. The third-order valence-corrected chi connectivity index (χ3v) is 4.25. The standard InChI is InChI=1S/C22H27NO5/c1-22(2,3)23(14-16-10-7-6-8-11-16)19(24)15-28-21(25)20-17(26-4)12-9-13-18(20)27-5/h6-13H,14-15H2,1-5H3. The molecule has 0 atom stereocenters. The van der Waals surface area contributed by atoms with Crippen LogP contribution in [0.5, 0.6) is 11.5 Å². The normalized spacial score (nSPS) is 10.9. The number of carbonyl (C=O) groups is 2. The zero-order valence-electron chi connectivity index (χ0n) is 17.0. The van der Waals surface area contributed by atoms with Crippen LogP contribution in [0.2, 0.25) is 0 Å². The lowest BCUT2D eigenvalue weighted by atomic mass is 10.0. The van der Waals surface area contributed by atoms with Gasteiger partial charge in [0.1, 0.15) is 17.1 Å². The van der Waals surface area contributed by atoms with Crippen LogP contribution in [0.3, 0.4) is 0 Å². The first-order chi connectivity index (χ1) is 13.3. The van der Waals surface area contributed by atoms with Gasteiger partial charge in [-0.1, -0.05) is 36.4 Å². The van der Waals surface area contributed by atoms with Crippen LogP contribution >= 0.6 is 0 Å². The van der Waals surface area contributed by atoms with Crippen LogP contribution in [-0.2, 0) is 16.1 Å². The fourth-order valence-electron chi connectivity index (χ4n) is 2.80. The molecule has 0 saturated carbocycles. The van der Waals surface area contributed by atoms with Crippen molar-refractivity contribution in [3.63, 3.8) is 0 Å². The fourth-order valence-corrected chi connectivity index (χ4v) is 2.80. The molecule has 150 valence electrons. The van der Waals surface area contributed by atoms with Crippen molar-refractivity contribution >= 4 is 11.9 Å². The zero-order chi connectivity index (χ0) is 20.7. The lowest BCUT2D eigenvalue weighted by molar-refractivity contribution is -0.140. The highest BCUT2D eigenvalue weighted by Crippen LogP contribution is 2.29. The van der Waals surface area contributed by atoms with Gasteiger partial charge in [0.15, 0.2) is 6.61 Å². The molecule has 2 aromatic carbocycles. The van der Waals surface area contributed by atoms with E-state index in [4.69, 9.17) is 14.2 Å². The molecule has 2 aromatic rings. The average Bonchev–Trinajstić information content (AvgIpc) is 2.69. The Labute approximate surface area is 166 Å². The molecule has 0 aliphatic carbocycles. The van der Waals surface area contributed by atoms with Crippen LogP contribution in [0, 0.1) is 0 Å². The van der Waals surface area contributed by atoms with Gasteiger partial charge in [-0.25, -0.2) is 4.79 Å². The summed E-state index contributed by atoms with van der Waals surface area (Å²) in [7, 11) is 2.91. The number of rotatable bonds is 7. The number of methoxy groups -OCH3 is 2. The van der Waals surface area contributed by atoms with Gasteiger partial charge in [-0.3, -0.25) is 4.79 Å². The molecular weight excluding hydrogens is 358 g/mol. The molecule has 0 spiro atoms. The van der Waals surface area contributed by atoms with Crippen LogP contribution in [0.25, 0.3) is 0 Å². The molecule has 6 heteroatoms. The zero-order valence-corrected chi connectivity index (χ0v) is 17.0. The number of nitrogens with zero attached hydrogens (tertiary/aromatic N) is 1. The maximum absolute atomic E-state index is 12.8. The number of hydrogen-bond acceptors (Lipinski definition) is 5. The van der Waals surface area contributed by atoms with E-state index in [9.17, 15) is 9.59 Å². The van der Waals surface area contributed by atoms with Gasteiger partial charge in [0.25, 0.3) is 5.91 Å². The minimum Gasteiger partial charge on any atom is -0.496 e. The molecule has 6 nitrogen and oxygen atoms in total. The quantitative estimate of drug-likeness (QED) is 0.680. The summed E-state index contributed by atoms with van der Waals surface area (Å²) in [4.78, 5) is 27.1. The largest absolute Gasteiger partial charge is 0.496 e. The van der Waals surface area contributed by atoms with Crippen molar-refractivity contribution in [3.8, 4) is 11.5 Å². The summed E-state index contributed by atoms with van der Waals surface area (Å²) in [6.45, 7) is 5.89. The van der Waals surface area contributed by atoms with Crippen LogP contribution in [-0.4, -0.2) is 43.1 Å². The second-order valence-corrected chi connectivity index (χ2v) is 7.25. The minimum absolute atomic E-state index is 0.158. The Kier molecular flexibility index (Phi) is 7.04. The predicted octanol–water partition coefficient (Wildman–Crippen LogP) is 3.69. The van der Waals surface area contributed by atoms with Gasteiger partial charge in [0.2, 0.25) is 0 Å². The fraction of sp³-hybridized carbons (Fsp3) is 0.364. The molecule has 28 heavy (non-hydrogen) atoms. The Hall–Kier alpha value is -3.02. The van der Waals surface area contributed by atoms with Crippen molar-refractivity contribution in [2.45, 2.75) is 32.9 Å². The number of hydrogen-bond donors (Lipinski definition) is 0. The highest BCUT2D eigenvalue weighted by molar-refractivity contribution is 5.96. The van der Waals surface area contributed by atoms with E-state index in [0.717, 1.165) is 5.56 Å². The Balaban J connectivity index is 2.13. The first-order valence-corrected chi connectivity index (χ1v) is 9.00. The van der Waals surface area contributed by atoms with Gasteiger partial charge in [0, 0.05) is 12.1 Å². The number of carbonyl (C=O) groups excluding carboxylic acids is 2. The van der Waals surface area contributed by atoms with Crippen molar-refractivity contribution in [2.24, 2.45) is 0 Å². The molecule has 0 saturated heterocycles. The van der Waals surface area contributed by atoms with E-state index in [-0.39, 0.29) is 18.1 Å². The molecule has 0 fully saturated rings. The Morgan fingerprint density at radius 2 is 1.46 bits per heavy atom. The van der Waals surface area contributed by atoms with E-state index < -0.39 is 11.5 Å². The Morgan fingerprint density at radius 3 is 1.96 bits per heavy atom. The molecule has 0 aliphatic rings. The van der Waals surface area contributed by atoms with Gasteiger partial charge < -0.3 is 19.1 Å². The molecular formula is C22H27NO5. The Bertz CT molecular complexity index is 789. The minimum atomic E-state index is -0.670. The summed E-state index contributed by atoms with van der Waals surface area (Å²) in [5.74, 6) is -0.294. The molecule has 0 aromatic heterocycles. The van der Waals surface area contributed by atoms with E-state index >= 15 is 0 Å². The molecule has 2 rings (SSSR count). The maximum atomic E-state index is 12.8. The number of ether oxygens (including phenoxy) is 3. The van der Waals surface area contributed by atoms with Gasteiger partial charge in [0.05, 0.1) is 14.2 Å². The van der Waals surface area contributed by atoms with Crippen LogP contribution in [0.4, 0.5) is 0 Å². The number of benzene rings is 2. The van der Waals surface area contributed by atoms with Crippen molar-refractivity contribution in [2.75, 3.05) is 20.8 Å². The smallest absolute Gasteiger partial charge is 0.346 e. The van der Waals surface area contributed by atoms with Gasteiger partial charge in [-0.15, -0.1) is 0 Å². The van der Waals surface area contributed by atoms with E-state index in [1.165, 1.54) is 14.2 Å². The third kappa shape index (κ3) is 5.25. The second kappa shape index (κ2) is 9.26. The lowest BCUT2D eigenvalue weighted by Gasteiger charge is -2.35. The van der Waals surface area contributed by atoms with Gasteiger partial charge >= 0.3 is 5.97 Å². The lowest BCUT2D eigenvalue weighted by Crippen LogP contribution is -2.46. The van der Waals surface area contributed by atoms with Crippen molar-refractivity contribution in [1.82, 2.24) is 4.90 Å². The third-order valence-electron chi connectivity index (χ3n) is 4.25. The van der Waals surface area contributed by atoms with E-state index in [0.29, 0.717) is 18.0 Å². The topological polar surface area (TPSA) is 65.1 Å². The van der Waals surface area contributed by atoms with Crippen LogP contribution < -0.4 is 9.47 Å². The number of amides is 1. The summed E-state index contributed by atoms with van der Waals surface area (Å²) in [6, 6.07) is 14.7. The average molecular weight is 385 g/mol. The molecule has 0 heterocycles. The monoisotopic (exact) mass is 385 g/mol. The summed E-state index contributed by atoms with van der Waals surface area (Å²) in [5, 5.41) is 0. The molecule has 0 aliphatic heterocycles. The molecule has 1 amide bonds. The van der Waals surface area contributed by atoms with Crippen molar-refractivity contribution in [1.29, 1.82) is 0 Å². The molecule has 0 unspecified atom stereocenters. The molecule has 0 radical (unpaired) electrons. The summed E-state index contributed by atoms with van der Waals surface area (Å²) < 4.78 is 15.7. The summed E-state index contributed by atoms with van der Waals surface area (Å²) >= 11 is 0. The maximum Gasteiger partial charge on any atom is 0.346 e. The van der Waals surface area contributed by atoms with Crippen LogP contribution in [0.1, 0.15) is 36.7 Å². The van der Waals surface area contributed by atoms with Crippen molar-refractivity contribution in [3.05, 3.63) is 59.7 Å². The second-order valence-electron chi connectivity index (χ2n) is 7.25. The molecule has 0 bridgehead atoms. The molecule has 0 N–H and O–H groups in total. The highest BCUT2D eigenvalue weighted by Gasteiger charge is 2.28. The summed E-state index contributed by atoms with van der Waals surface area (Å²) in [5.41, 5.74) is 0.732. The predicted molar refractivity (Wildman–Crippen MR) is 107 cm³/mol. The van der Waals surface area contributed by atoms with E-state index in [1.807, 2.05) is 51.1 Å². The number of esters is 1. The van der Waals surface area contributed by atoms with E-state index in [1.54, 1.807) is 23.1 Å². The van der Waals surface area contributed by atoms with Gasteiger partial charge in [-0.2, -0.15) is 0 Å². The van der Waals surface area contributed by atoms with Crippen LogP contribution in [0.15, 0.2) is 48.5 Å². The SMILES string of the molecule is COc1cccc(OC)c1C(=O)OCC(=O)N(Cc1ccccc1)C(C)(C)C. The van der Waals surface area contributed by atoms with Crippen molar-refractivity contribution < 1.29 is 23.8 Å². The first kappa shape index (κ1) is 21.3. The van der Waals surface area contributed by atoms with E-state index in [2.05, 4.69) is 0 Å². The van der Waals surface area contributed by atoms with Gasteiger partial charge in [-0.05, 0) is 38.5 Å².